The molecule has 14 nitrogen and oxygen atoms in total. The quantitative estimate of drug-likeness (QED) is 0.334. The van der Waals surface area contributed by atoms with Crippen LogP contribution in [0.5, 0.6) is 0 Å². The summed E-state index contributed by atoms with van der Waals surface area (Å²) in [7, 11) is 0. The fourth-order valence-corrected chi connectivity index (χ4v) is 6.37. The van der Waals surface area contributed by atoms with Gasteiger partial charge in [0.15, 0.2) is 0 Å². The Morgan fingerprint density at radius 1 is 0.736 bits per heavy atom. The summed E-state index contributed by atoms with van der Waals surface area (Å²) in [6.07, 6.45) is -1.71. The summed E-state index contributed by atoms with van der Waals surface area (Å²) in [5, 5.41) is 18.8. The molecule has 0 radical (unpaired) electrons. The number of alkyl carbamates (subject to hydrolysis) is 1. The number of carbonyl (C=O) groups is 5. The second-order valence-corrected chi connectivity index (χ2v) is 14.0. The number of rotatable bonds is 3. The highest BCUT2D eigenvalue weighted by atomic mass is 16.6. The highest BCUT2D eigenvalue weighted by Crippen LogP contribution is 2.48. The molecule has 14 heteroatoms. The van der Waals surface area contributed by atoms with Gasteiger partial charge < -0.3 is 44.7 Å². The number of aliphatic carboxylic acids is 1. The Balaban J connectivity index is 1.60. The lowest BCUT2D eigenvalue weighted by Gasteiger charge is -2.31. The Hall–Kier alpha value is -4.53. The van der Waals surface area contributed by atoms with Gasteiger partial charge in [0, 0.05) is 45.1 Å². The monoisotopic (exact) mass is 739 g/mol. The van der Waals surface area contributed by atoms with E-state index >= 15 is 0 Å². The molecule has 1 saturated heterocycles. The van der Waals surface area contributed by atoms with E-state index in [-0.39, 0.29) is 37.5 Å². The lowest BCUT2D eigenvalue weighted by molar-refractivity contribution is -0.158. The fourth-order valence-electron chi connectivity index (χ4n) is 6.37. The Labute approximate surface area is 310 Å². The largest absolute Gasteiger partial charge is 0.481 e. The topological polar surface area (TPSA) is 188 Å². The van der Waals surface area contributed by atoms with Crippen LogP contribution in [-0.4, -0.2) is 105 Å². The van der Waals surface area contributed by atoms with Crippen LogP contribution < -0.4 is 16.0 Å². The second kappa shape index (κ2) is 20.6. The van der Waals surface area contributed by atoms with Crippen LogP contribution in [0.2, 0.25) is 0 Å². The first kappa shape index (κ1) is 41.2. The van der Waals surface area contributed by atoms with Crippen LogP contribution in [0.3, 0.4) is 0 Å². The smallest absolute Gasteiger partial charge is 0.408 e. The van der Waals surface area contributed by atoms with E-state index in [2.05, 4.69) is 16.0 Å². The van der Waals surface area contributed by atoms with Gasteiger partial charge >= 0.3 is 18.0 Å². The van der Waals surface area contributed by atoms with E-state index in [0.29, 0.717) is 65.6 Å². The molecule has 4 N–H and O–H groups in total. The van der Waals surface area contributed by atoms with Crippen LogP contribution in [0.4, 0.5) is 4.79 Å². The molecule has 0 aromatic heterocycles. The normalized spacial score (nSPS) is 22.8. The summed E-state index contributed by atoms with van der Waals surface area (Å²) in [5.74, 6) is -4.71. The number of ether oxygens (including phenoxy) is 5. The maximum atomic E-state index is 13.8. The second-order valence-electron chi connectivity index (χ2n) is 14.0. The van der Waals surface area contributed by atoms with Gasteiger partial charge in [-0.25, -0.2) is 9.59 Å². The van der Waals surface area contributed by atoms with E-state index in [4.69, 9.17) is 23.7 Å². The zero-order valence-corrected chi connectivity index (χ0v) is 30.9. The Morgan fingerprint density at radius 2 is 1.23 bits per heavy atom. The molecule has 0 bridgehead atoms. The third-order valence-corrected chi connectivity index (χ3v) is 8.81. The number of cyclic esters (lactones) is 1. The van der Waals surface area contributed by atoms with Crippen molar-refractivity contribution in [2.24, 2.45) is 5.92 Å². The van der Waals surface area contributed by atoms with Gasteiger partial charge in [-0.3, -0.25) is 14.4 Å². The van der Waals surface area contributed by atoms with Crippen LogP contribution in [0.1, 0.15) is 76.3 Å². The first-order valence-corrected chi connectivity index (χ1v) is 18.3. The third kappa shape index (κ3) is 13.1. The zero-order chi connectivity index (χ0) is 38.2. The van der Waals surface area contributed by atoms with E-state index in [9.17, 15) is 29.1 Å². The van der Waals surface area contributed by atoms with Gasteiger partial charge in [0.1, 0.15) is 17.7 Å². The highest BCUT2D eigenvalue weighted by Gasteiger charge is 2.44. The molecule has 4 rings (SSSR count). The third-order valence-electron chi connectivity index (χ3n) is 8.81. The average molecular weight is 740 g/mol. The lowest BCUT2D eigenvalue weighted by Crippen LogP contribution is -2.47. The van der Waals surface area contributed by atoms with Crippen molar-refractivity contribution in [2.75, 3.05) is 52.7 Å². The van der Waals surface area contributed by atoms with Crippen LogP contribution in [0.25, 0.3) is 11.1 Å². The van der Waals surface area contributed by atoms with Crippen molar-refractivity contribution < 1.29 is 52.8 Å². The van der Waals surface area contributed by atoms with E-state index in [1.165, 1.54) is 0 Å². The number of hydrogen-bond donors (Lipinski definition) is 4. The molecule has 1 aliphatic heterocycles. The molecule has 1 fully saturated rings. The highest BCUT2D eigenvalue weighted by molar-refractivity contribution is 5.84. The summed E-state index contributed by atoms with van der Waals surface area (Å²) in [6, 6.07) is 13.7. The molecule has 290 valence electrons. The summed E-state index contributed by atoms with van der Waals surface area (Å²) in [4.78, 5) is 65.8. The van der Waals surface area contributed by atoms with Gasteiger partial charge in [-0.2, -0.15) is 0 Å². The van der Waals surface area contributed by atoms with Crippen molar-refractivity contribution >= 4 is 29.8 Å². The predicted molar refractivity (Wildman–Crippen MR) is 194 cm³/mol. The first-order chi connectivity index (χ1) is 25.4. The summed E-state index contributed by atoms with van der Waals surface area (Å²) < 4.78 is 28.2. The number of carboxylic acids is 1. The minimum atomic E-state index is -1.31. The summed E-state index contributed by atoms with van der Waals surface area (Å²) in [5.41, 5.74) is 2.41. The van der Waals surface area contributed by atoms with Crippen molar-refractivity contribution in [3.63, 3.8) is 0 Å². The molecule has 3 unspecified atom stereocenters. The molecule has 2 aromatic rings. The molecular formula is C39H53N3O11. The van der Waals surface area contributed by atoms with Crippen molar-refractivity contribution in [2.45, 2.75) is 83.0 Å². The molecule has 1 aliphatic carbocycles. The molecule has 3 amide bonds. The Kier molecular flexibility index (Phi) is 16.1. The van der Waals surface area contributed by atoms with Gasteiger partial charge in [-0.1, -0.05) is 48.5 Å². The molecule has 0 saturated carbocycles. The number of carbonyl (C=O) groups excluding carboxylic acids is 4. The Bertz CT molecular complexity index is 1500. The van der Waals surface area contributed by atoms with Crippen LogP contribution in [0, 0.1) is 5.92 Å². The molecule has 2 aromatic carbocycles. The van der Waals surface area contributed by atoms with Gasteiger partial charge in [-0.05, 0) is 68.7 Å². The molecule has 1 heterocycles. The fraction of sp³-hybridized carbons (Fsp3) is 0.564. The maximum absolute atomic E-state index is 13.8. The number of esters is 1. The van der Waals surface area contributed by atoms with Crippen LogP contribution >= 0.6 is 0 Å². The van der Waals surface area contributed by atoms with E-state index in [0.717, 1.165) is 22.3 Å². The first-order valence-electron chi connectivity index (χ1n) is 18.3. The van der Waals surface area contributed by atoms with E-state index < -0.39 is 47.6 Å². The number of benzene rings is 2. The standard InChI is InChI=1S/C39H53N3O11/c1-39(2,3)53-37(47)31-15-17-33(44)41-19-9-21-50-23-25-51-24-22-49-20-8-18-40-32(43)16-14-30(36(45)46)35(52-38(48)42-31)34-28-12-6-4-10-26(28)27-11-5-7-13-29(27)34/h4-7,10-13,30-31,34-35H,8-9,14-25H2,1-3H3,(H,40,43)(H,41,44)(H,42,48)(H,45,46). The predicted octanol–water partition coefficient (Wildman–Crippen LogP) is 3.94. The van der Waals surface area contributed by atoms with Crippen molar-refractivity contribution in [3.8, 4) is 11.1 Å². The van der Waals surface area contributed by atoms with Gasteiger partial charge in [-0.15, -0.1) is 0 Å². The van der Waals surface area contributed by atoms with Gasteiger partial charge in [0.25, 0.3) is 0 Å². The Morgan fingerprint density at radius 3 is 1.74 bits per heavy atom. The number of nitrogens with one attached hydrogen (secondary N) is 3. The minimum Gasteiger partial charge on any atom is -0.481 e. The van der Waals surface area contributed by atoms with Crippen LogP contribution in [0.15, 0.2) is 48.5 Å². The summed E-state index contributed by atoms with van der Waals surface area (Å²) in [6.45, 7) is 8.10. The van der Waals surface area contributed by atoms with Crippen molar-refractivity contribution in [3.05, 3.63) is 59.7 Å². The molecule has 0 spiro atoms. The molecular weight excluding hydrogens is 686 g/mol. The number of fused-ring (bicyclic) bond motifs is 3. The minimum absolute atomic E-state index is 0.101. The summed E-state index contributed by atoms with van der Waals surface area (Å²) >= 11 is 0. The van der Waals surface area contributed by atoms with Crippen molar-refractivity contribution in [1.29, 1.82) is 0 Å². The molecule has 53 heavy (non-hydrogen) atoms. The van der Waals surface area contributed by atoms with Crippen molar-refractivity contribution in [1.82, 2.24) is 16.0 Å². The lowest BCUT2D eigenvalue weighted by atomic mass is 9.82. The van der Waals surface area contributed by atoms with E-state index in [1.54, 1.807) is 20.8 Å². The molecule has 3 atom stereocenters. The number of amides is 3. The van der Waals surface area contributed by atoms with Gasteiger partial charge in [0.2, 0.25) is 11.8 Å². The molecule has 2 aliphatic rings. The average Bonchev–Trinajstić information content (AvgIpc) is 3.44. The maximum Gasteiger partial charge on any atom is 0.408 e. The van der Waals surface area contributed by atoms with Crippen LogP contribution in [-0.2, 0) is 42.9 Å². The van der Waals surface area contributed by atoms with Gasteiger partial charge in [0.05, 0.1) is 32.3 Å². The SMILES string of the molecule is CC(C)(C)OC(=O)C1CCC(=O)NCCCOCCOCCOCCCNC(=O)CCC(C(=O)O)C(C2c3ccccc3-c3ccccc32)OC(=O)N1. The number of hydrogen-bond acceptors (Lipinski definition) is 10. The zero-order valence-electron chi connectivity index (χ0n) is 30.9. The number of carboxylic acid groups (broad SMARTS) is 1. The van der Waals surface area contributed by atoms with E-state index in [1.807, 2.05) is 48.5 Å².